The lowest BCUT2D eigenvalue weighted by Crippen LogP contribution is -2.65. The average molecular weight is 2000 g/mol. The summed E-state index contributed by atoms with van der Waals surface area (Å²) in [5.74, 6) is 5.00. The highest BCUT2D eigenvalue weighted by Crippen LogP contribution is 2.27. The molecule has 0 bridgehead atoms. The van der Waals surface area contributed by atoms with Gasteiger partial charge in [0.1, 0.15) is 29.0 Å². The molecule has 0 aliphatic heterocycles. The standard InChI is InChI=1S/C19H15BF3.C15H24NO3S.3C13H20NOS.C12H17BrNOS.C12H18NOS.4CH4.BF4/c1-20(14-5-2-8-17(21)11-14,15-6-3-9-18(22)12-15)16-7-4-10-19(23)13-16;1-12-10-13(16(2)3)4-5-14(12)15(19)11-20(8-6-17)9-7-18;1-10-8-11(14(2)3)6-7-12(10)13(15)9-16(4)5;1-10-8-11(13(15)9-16(4)5)6-7-12(10)14(2)3;1-10-6-7-11(12(8-10)14(2)3)13(15)9-16(4)5;1-14(2)9-5-6-10(11(13)7-9)12(15)8-16(3)4;1-13(2)11-7-5-6-10(8-11)12(14)9-15(3)4;;;;;2-1(3,4)5/h2-13H,1H3;4-5,10,17-18H,6-9,11H2,1-3H3;3*6-8H,9H2,1-5H3;5-7H,8H2,1-4H3;5-8H,9H2,1-4H3;4*1H4;/q-1;6*+1;;;;;-1. The predicted molar refractivity (Wildman–Crippen MR) is 581 cm³/mol. The number of rotatable bonds is 31. The topological polar surface area (TPSA) is 162 Å². The fourth-order valence-corrected chi connectivity index (χ4v) is 18.2. The number of hydrogen-bond acceptors (Lipinski definition) is 14. The minimum atomic E-state index is -6.00. The quantitative estimate of drug-likeness (QED) is 0.0183. The Balaban J connectivity index is -0.00000145. The molecule has 0 heterocycles. The summed E-state index contributed by atoms with van der Waals surface area (Å²) in [6.07, 6.45) is 19.2. The molecule has 0 fully saturated rings. The second-order valence-electron chi connectivity index (χ2n) is 32.9. The van der Waals surface area contributed by atoms with Crippen molar-refractivity contribution >= 4 is 180 Å². The third-order valence-electron chi connectivity index (χ3n) is 19.2. The molecule has 9 aromatic rings. The summed E-state index contributed by atoms with van der Waals surface area (Å²) >= 11 is 3.46. The van der Waals surface area contributed by atoms with Crippen LogP contribution in [0.4, 0.5) is 64.6 Å². The van der Waals surface area contributed by atoms with Gasteiger partial charge in [-0.3, -0.25) is 28.8 Å². The molecule has 0 saturated carbocycles. The number of ketones is 6. The number of nitrogens with zero attached hydrogens (tertiary/aromatic N) is 6. The van der Waals surface area contributed by atoms with Crippen LogP contribution < -0.4 is 45.8 Å². The van der Waals surface area contributed by atoms with Crippen LogP contribution in [0.5, 0.6) is 0 Å². The maximum Gasteiger partial charge on any atom is 0.673 e. The third-order valence-corrected chi connectivity index (χ3v) is 26.2. The minimum absolute atomic E-state index is 0. The van der Waals surface area contributed by atoms with Crippen molar-refractivity contribution in [3.8, 4) is 0 Å². The van der Waals surface area contributed by atoms with E-state index in [1.807, 2.05) is 247 Å². The van der Waals surface area contributed by atoms with Crippen LogP contribution >= 0.6 is 15.9 Å². The number of benzene rings is 9. The monoisotopic (exact) mass is 2000 g/mol. The SMILES string of the molecule is C.C.C.C.CN(C)c1ccc(C(=O)C[S+](C)C)c(Br)c1.CN(C)c1cccc(C(=O)C[S+](C)C)c1.C[B-](c1cccc(F)c1)(c1cccc(F)c1)c1cccc(F)c1.Cc1cc(C(=O)C[S+](C)C)ccc1N(C)C.Cc1cc(N(C)C)ccc1C(=O)C[S+](C)C.Cc1cc(N(C)C)ccc1C(=O)C[S+](CCO)CCO.Cc1ccc(C(=O)C[S+](C)C)c(N(C)C)c1.F[B-](F)(F)F. The smallest absolute Gasteiger partial charge is 0.418 e. The second-order valence-corrected chi connectivity index (χ2v) is 47.3. The van der Waals surface area contributed by atoms with Crippen molar-refractivity contribution in [2.45, 2.75) is 64.2 Å². The zero-order valence-corrected chi connectivity index (χ0v) is 85.6. The largest absolute Gasteiger partial charge is 0.673 e. The molecule has 0 saturated heterocycles. The molecule has 9 rings (SSSR count). The van der Waals surface area contributed by atoms with Gasteiger partial charge in [0, 0.05) is 167 Å². The third kappa shape index (κ3) is 47.1. The van der Waals surface area contributed by atoms with E-state index in [1.54, 1.807) is 36.4 Å². The fourth-order valence-electron chi connectivity index (χ4n) is 12.7. The first-order chi connectivity index (χ1) is 59.1. The number of hydrogen-bond donors (Lipinski definition) is 2. The van der Waals surface area contributed by atoms with Gasteiger partial charge in [-0.05, 0) is 236 Å². The highest BCUT2D eigenvalue weighted by Gasteiger charge is 2.29. The van der Waals surface area contributed by atoms with E-state index in [-0.39, 0.29) is 160 Å². The summed E-state index contributed by atoms with van der Waals surface area (Å²) in [5, 5.41) is 18.0. The molecule has 2 N–H and O–H groups in total. The Kier molecular flexibility index (Phi) is 61.3. The molecule has 0 unspecified atom stereocenters. The first kappa shape index (κ1) is 127. The van der Waals surface area contributed by atoms with Gasteiger partial charge in [-0.1, -0.05) is 103 Å². The molecular weight excluding hydrogens is 1850 g/mol. The van der Waals surface area contributed by atoms with E-state index in [2.05, 4.69) is 95.5 Å². The molecule has 9 aromatic carbocycles. The van der Waals surface area contributed by atoms with Crippen LogP contribution in [0.3, 0.4) is 0 Å². The number of aryl methyl sites for hydroxylation is 4. The molecule has 0 aliphatic rings. The van der Waals surface area contributed by atoms with Gasteiger partial charge in [-0.25, -0.2) is 13.2 Å². The number of carbonyl (C=O) groups excluding carboxylic acids is 6. The van der Waals surface area contributed by atoms with Gasteiger partial charge >= 0.3 is 7.25 Å². The first-order valence-corrected chi connectivity index (χ1v) is 54.2. The Bertz CT molecular complexity index is 4790. The summed E-state index contributed by atoms with van der Waals surface area (Å²) < 4.78 is 81.1. The summed E-state index contributed by atoms with van der Waals surface area (Å²) in [7, 11) is 18.4. The van der Waals surface area contributed by atoms with Gasteiger partial charge in [-0.15, -0.1) is 0 Å². The van der Waals surface area contributed by atoms with Crippen LogP contribution in [0.1, 0.15) is 114 Å². The van der Waals surface area contributed by atoms with Crippen LogP contribution in [0.15, 0.2) is 193 Å². The van der Waals surface area contributed by atoms with Gasteiger partial charge in [0.05, 0.1) is 81.9 Å². The van der Waals surface area contributed by atoms with Crippen molar-refractivity contribution in [1.29, 1.82) is 0 Å². The van der Waals surface area contributed by atoms with Crippen molar-refractivity contribution in [1.82, 2.24) is 0 Å². The number of aliphatic hydroxyl groups excluding tert-OH is 2. The van der Waals surface area contributed by atoms with Crippen LogP contribution in [-0.4, -0.2) is 265 Å². The number of anilines is 6. The van der Waals surface area contributed by atoms with Gasteiger partial charge in [-0.2, -0.15) is 23.2 Å². The maximum atomic E-state index is 13.7. The lowest BCUT2D eigenvalue weighted by molar-refractivity contribution is 0.101. The molecule has 0 aliphatic carbocycles. The van der Waals surface area contributed by atoms with Crippen LogP contribution in [0, 0.1) is 45.1 Å². The predicted octanol–water partition coefficient (Wildman–Crippen LogP) is 18.6. The summed E-state index contributed by atoms with van der Waals surface area (Å²) in [4.78, 5) is 84.1. The van der Waals surface area contributed by atoms with Crippen molar-refractivity contribution in [3.05, 3.63) is 266 Å². The number of aliphatic hydroxyl groups is 2. The Morgan fingerprint density at radius 2 is 0.634 bits per heavy atom. The second kappa shape index (κ2) is 63.2. The number of Topliss-reactive ketones (excluding diaryl/α,β-unsaturated/α-hetero) is 6. The zero-order chi connectivity index (χ0) is 96.7. The van der Waals surface area contributed by atoms with Crippen molar-refractivity contribution < 1.29 is 69.4 Å². The molecular formula is C101H150B2BrF7N6O8S6+4. The molecule has 0 radical (unpaired) electrons. The Hall–Kier alpha value is -8.06. The molecule has 0 amide bonds. The van der Waals surface area contributed by atoms with Gasteiger partial charge in [0.25, 0.3) is 0 Å². The van der Waals surface area contributed by atoms with Crippen molar-refractivity contribution in [2.75, 3.05) is 236 Å². The highest BCUT2D eigenvalue weighted by molar-refractivity contribution is 9.10. The van der Waals surface area contributed by atoms with Crippen LogP contribution in [0.2, 0.25) is 6.82 Å². The number of halogens is 8. The average Bonchev–Trinajstić information content (AvgIpc) is 0.759. The minimum Gasteiger partial charge on any atom is -0.418 e. The van der Waals surface area contributed by atoms with Gasteiger partial charge in [0.15, 0.2) is 34.5 Å². The summed E-state index contributed by atoms with van der Waals surface area (Å²) in [6, 6.07) is 56.0. The van der Waals surface area contributed by atoms with E-state index >= 15 is 0 Å². The molecule has 0 atom stereocenters. The van der Waals surface area contributed by atoms with Crippen LogP contribution in [-0.2, 0) is 65.4 Å². The van der Waals surface area contributed by atoms with E-state index in [4.69, 9.17) is 10.2 Å². The molecule has 14 nitrogen and oxygen atoms in total. The van der Waals surface area contributed by atoms with Crippen molar-refractivity contribution in [3.63, 3.8) is 0 Å². The van der Waals surface area contributed by atoms with E-state index in [1.165, 1.54) is 47.6 Å². The van der Waals surface area contributed by atoms with E-state index < -0.39 is 13.4 Å². The summed E-state index contributed by atoms with van der Waals surface area (Å²) in [5.41, 5.74) is 17.9. The molecule has 131 heavy (non-hydrogen) atoms. The molecule has 0 aromatic heterocycles. The zero-order valence-electron chi connectivity index (χ0n) is 79.1. The van der Waals surface area contributed by atoms with Gasteiger partial charge < -0.3 is 56.9 Å². The number of carbonyl (C=O) groups is 6. The lowest BCUT2D eigenvalue weighted by atomic mass is 9.17. The van der Waals surface area contributed by atoms with E-state index in [0.29, 0.717) is 62.4 Å². The summed E-state index contributed by atoms with van der Waals surface area (Å²) in [6.45, 7) is 10.1. The van der Waals surface area contributed by atoms with Gasteiger partial charge in [0.2, 0.25) is 34.7 Å². The van der Waals surface area contributed by atoms with Crippen molar-refractivity contribution in [2.24, 2.45) is 0 Å². The van der Waals surface area contributed by atoms with Crippen LogP contribution in [0.25, 0.3) is 0 Å². The first-order valence-electron chi connectivity index (χ1n) is 40.6. The lowest BCUT2D eigenvalue weighted by Gasteiger charge is -2.39. The molecule has 0 spiro atoms. The Labute approximate surface area is 808 Å². The highest BCUT2D eigenvalue weighted by atomic mass is 79.9. The normalized spacial score (nSPS) is 10.5. The molecule has 726 valence electrons. The van der Waals surface area contributed by atoms with E-state index in [0.717, 1.165) is 83.0 Å². The maximum absolute atomic E-state index is 13.7. The molecule has 30 heteroatoms. The fraction of sp³-hybridized carbons (Fsp3) is 0.406. The Morgan fingerprint density at radius 3 is 0.954 bits per heavy atom. The van der Waals surface area contributed by atoms with E-state index in [9.17, 15) is 59.2 Å². The Morgan fingerprint density at radius 1 is 0.328 bits per heavy atom.